The van der Waals surface area contributed by atoms with Gasteiger partial charge in [-0.05, 0) is 74.6 Å². The zero-order valence-electron chi connectivity index (χ0n) is 23.3. The van der Waals surface area contributed by atoms with Crippen molar-refractivity contribution in [3.05, 3.63) is 72.3 Å². The van der Waals surface area contributed by atoms with Gasteiger partial charge in [-0.2, -0.15) is 0 Å². The Morgan fingerprint density at radius 3 is 1.51 bits per heavy atom. The van der Waals surface area contributed by atoms with Gasteiger partial charge in [0.1, 0.15) is 0 Å². The minimum Gasteiger partial charge on any atom is -0.288 e. The van der Waals surface area contributed by atoms with Crippen LogP contribution in [0.25, 0.3) is 5.57 Å². The number of hydrogen-bond donors (Lipinski definition) is 0. The highest BCUT2D eigenvalue weighted by atomic mass is 28.2. The van der Waals surface area contributed by atoms with Crippen LogP contribution in [-0.4, -0.2) is 51.7 Å². The summed E-state index contributed by atoms with van der Waals surface area (Å²) in [5.74, 6) is 0. The molecular formula is C32H52N2Si. The Morgan fingerprint density at radius 1 is 0.657 bits per heavy atom. The quantitative estimate of drug-likeness (QED) is 0.152. The Balaban J connectivity index is 2.16. The Bertz CT molecular complexity index is 766. The van der Waals surface area contributed by atoms with Gasteiger partial charge in [0.2, 0.25) is 0 Å². The van der Waals surface area contributed by atoms with Gasteiger partial charge >= 0.3 is 0 Å². The lowest BCUT2D eigenvalue weighted by molar-refractivity contribution is 0.0502. The van der Waals surface area contributed by atoms with E-state index in [1.807, 2.05) is 0 Å². The maximum atomic E-state index is 4.36. The molecule has 194 valence electrons. The van der Waals surface area contributed by atoms with Gasteiger partial charge in [-0.1, -0.05) is 120 Å². The Hall–Kier alpha value is -1.68. The number of rotatable bonds is 19. The molecule has 0 saturated heterocycles. The zero-order chi connectivity index (χ0) is 25.3. The van der Waals surface area contributed by atoms with Gasteiger partial charge in [-0.3, -0.25) is 9.80 Å². The van der Waals surface area contributed by atoms with Crippen LogP contribution < -0.4 is 5.19 Å². The molecule has 0 spiro atoms. The summed E-state index contributed by atoms with van der Waals surface area (Å²) in [5.41, 5.74) is 3.57. The van der Waals surface area contributed by atoms with Gasteiger partial charge in [-0.15, -0.1) is 0 Å². The molecule has 0 radical (unpaired) electrons. The van der Waals surface area contributed by atoms with Crippen LogP contribution in [0.1, 0.15) is 90.2 Å². The van der Waals surface area contributed by atoms with Gasteiger partial charge in [0, 0.05) is 0 Å². The maximum absolute atomic E-state index is 4.36. The average molecular weight is 493 g/mol. The SMILES string of the molecule is C=C(c1ccccc1)c1ccc([SiH2]CC(N(CCCC)CCCC)N(CCCC)CCCC)cc1. The van der Waals surface area contributed by atoms with Crippen LogP contribution in [0.15, 0.2) is 61.2 Å². The fraction of sp³-hybridized carbons (Fsp3) is 0.562. The first kappa shape index (κ1) is 29.5. The summed E-state index contributed by atoms with van der Waals surface area (Å²) in [5, 5.41) is 1.58. The molecule has 0 aliphatic heterocycles. The van der Waals surface area contributed by atoms with E-state index in [0.717, 1.165) is 5.57 Å². The molecule has 2 aromatic rings. The number of unbranched alkanes of at least 4 members (excludes halogenated alkanes) is 4. The second-order valence-electron chi connectivity index (χ2n) is 10.0. The summed E-state index contributed by atoms with van der Waals surface area (Å²) >= 11 is 0. The zero-order valence-corrected chi connectivity index (χ0v) is 24.7. The summed E-state index contributed by atoms with van der Waals surface area (Å²) in [6, 6.07) is 21.3. The molecule has 0 saturated carbocycles. The third-order valence-corrected chi connectivity index (χ3v) is 9.01. The lowest BCUT2D eigenvalue weighted by Gasteiger charge is -2.40. The lowest BCUT2D eigenvalue weighted by Crippen LogP contribution is -2.51. The van der Waals surface area contributed by atoms with Crippen molar-refractivity contribution < 1.29 is 0 Å². The van der Waals surface area contributed by atoms with Crippen LogP contribution >= 0.6 is 0 Å². The minimum absolute atomic E-state index is 0.354. The van der Waals surface area contributed by atoms with E-state index in [0.29, 0.717) is 6.17 Å². The summed E-state index contributed by atoms with van der Waals surface area (Å²) in [4.78, 5) is 5.72. The second kappa shape index (κ2) is 17.7. The van der Waals surface area contributed by atoms with Crippen molar-refractivity contribution in [1.29, 1.82) is 0 Å². The Morgan fingerprint density at radius 2 is 1.09 bits per heavy atom. The van der Waals surface area contributed by atoms with Gasteiger partial charge in [0.15, 0.2) is 0 Å². The topological polar surface area (TPSA) is 6.48 Å². The van der Waals surface area contributed by atoms with Crippen molar-refractivity contribution in [3.8, 4) is 0 Å². The summed E-state index contributed by atoms with van der Waals surface area (Å²) in [6.07, 6.45) is 11.0. The van der Waals surface area contributed by atoms with Crippen LogP contribution in [0.3, 0.4) is 0 Å². The monoisotopic (exact) mass is 492 g/mol. The molecule has 0 atom stereocenters. The summed E-state index contributed by atoms with van der Waals surface area (Å²) in [6.45, 7) is 18.7. The smallest absolute Gasteiger partial charge is 0.0596 e. The molecule has 0 heterocycles. The van der Waals surface area contributed by atoms with Gasteiger partial charge < -0.3 is 0 Å². The lowest BCUT2D eigenvalue weighted by atomic mass is 10.00. The van der Waals surface area contributed by atoms with E-state index in [-0.39, 0.29) is 9.52 Å². The van der Waals surface area contributed by atoms with Crippen LogP contribution in [0.2, 0.25) is 6.04 Å². The largest absolute Gasteiger partial charge is 0.288 e. The first-order valence-electron chi connectivity index (χ1n) is 14.5. The first-order valence-corrected chi connectivity index (χ1v) is 16.2. The highest BCUT2D eigenvalue weighted by Crippen LogP contribution is 2.21. The van der Waals surface area contributed by atoms with E-state index in [4.69, 9.17) is 0 Å². The maximum Gasteiger partial charge on any atom is 0.0596 e. The molecule has 3 heteroatoms. The normalized spacial score (nSPS) is 12.0. The highest BCUT2D eigenvalue weighted by molar-refractivity contribution is 6.53. The highest BCUT2D eigenvalue weighted by Gasteiger charge is 2.24. The molecule has 0 N–H and O–H groups in total. The molecule has 0 fully saturated rings. The van der Waals surface area contributed by atoms with E-state index in [9.17, 15) is 0 Å². The predicted molar refractivity (Wildman–Crippen MR) is 161 cm³/mol. The van der Waals surface area contributed by atoms with Crippen LogP contribution in [0, 0.1) is 0 Å². The van der Waals surface area contributed by atoms with Crippen molar-refractivity contribution >= 4 is 20.3 Å². The second-order valence-corrected chi connectivity index (χ2v) is 11.9. The Kier molecular flexibility index (Phi) is 14.9. The molecule has 0 aliphatic rings. The molecule has 2 aromatic carbocycles. The van der Waals surface area contributed by atoms with Crippen molar-refractivity contribution in [2.24, 2.45) is 0 Å². The number of hydrogen-bond acceptors (Lipinski definition) is 2. The van der Waals surface area contributed by atoms with Crippen molar-refractivity contribution in [2.45, 2.75) is 91.3 Å². The van der Waals surface area contributed by atoms with Gasteiger partial charge in [0.05, 0.1) is 15.7 Å². The molecule has 0 aliphatic carbocycles. The van der Waals surface area contributed by atoms with Crippen molar-refractivity contribution in [2.75, 3.05) is 26.2 Å². The fourth-order valence-corrected chi connectivity index (χ4v) is 6.73. The van der Waals surface area contributed by atoms with Gasteiger partial charge in [0.25, 0.3) is 0 Å². The van der Waals surface area contributed by atoms with Crippen LogP contribution in [0.5, 0.6) is 0 Å². The third kappa shape index (κ3) is 10.4. The number of benzene rings is 2. The molecule has 0 aromatic heterocycles. The standard InChI is InChI=1S/C32H52N2Si/c1-6-10-23-33(24-11-7-2)32(34(25-12-8-3)26-13-9-4)27-35-31-21-19-30(20-22-31)28(5)29-17-15-14-16-18-29/h14-22,32H,5-13,23-27,35H2,1-4H3. The van der Waals surface area contributed by atoms with E-state index in [2.05, 4.69) is 98.7 Å². The molecule has 0 bridgehead atoms. The number of nitrogens with zero attached hydrogens (tertiary/aromatic N) is 2. The third-order valence-electron chi connectivity index (χ3n) is 7.15. The van der Waals surface area contributed by atoms with E-state index in [1.54, 1.807) is 5.19 Å². The summed E-state index contributed by atoms with van der Waals surface area (Å²) in [7, 11) is -0.354. The molecular weight excluding hydrogens is 440 g/mol. The average Bonchev–Trinajstić information content (AvgIpc) is 2.91. The fourth-order valence-electron chi connectivity index (χ4n) is 4.83. The van der Waals surface area contributed by atoms with E-state index >= 15 is 0 Å². The van der Waals surface area contributed by atoms with Crippen LogP contribution in [-0.2, 0) is 0 Å². The first-order chi connectivity index (χ1) is 17.1. The van der Waals surface area contributed by atoms with Crippen LogP contribution in [0.4, 0.5) is 0 Å². The molecule has 0 amide bonds. The van der Waals surface area contributed by atoms with Gasteiger partial charge in [-0.25, -0.2) is 0 Å². The van der Waals surface area contributed by atoms with E-state index in [1.165, 1.54) is 94.7 Å². The molecule has 35 heavy (non-hydrogen) atoms. The summed E-state index contributed by atoms with van der Waals surface area (Å²) < 4.78 is 0. The predicted octanol–water partition coefficient (Wildman–Crippen LogP) is 7.09. The van der Waals surface area contributed by atoms with Crippen molar-refractivity contribution in [1.82, 2.24) is 9.80 Å². The minimum atomic E-state index is -0.354. The van der Waals surface area contributed by atoms with Crippen molar-refractivity contribution in [3.63, 3.8) is 0 Å². The van der Waals surface area contributed by atoms with E-state index < -0.39 is 0 Å². The molecule has 2 rings (SSSR count). The molecule has 2 nitrogen and oxygen atoms in total. The Labute approximate surface area is 219 Å². The molecule has 0 unspecified atom stereocenters.